The highest BCUT2D eigenvalue weighted by Gasteiger charge is 2.25. The van der Waals surface area contributed by atoms with Crippen molar-refractivity contribution in [3.05, 3.63) is 70.3 Å². The van der Waals surface area contributed by atoms with Gasteiger partial charge in [0.1, 0.15) is 17.3 Å². The number of fused-ring (bicyclic) bond motifs is 3. The molecule has 2 heterocycles. The third-order valence-electron chi connectivity index (χ3n) is 4.52. The third-order valence-corrected chi connectivity index (χ3v) is 4.52. The van der Waals surface area contributed by atoms with Crippen molar-refractivity contribution >= 4 is 39.8 Å². The van der Waals surface area contributed by atoms with Gasteiger partial charge in [0.2, 0.25) is 6.34 Å². The van der Waals surface area contributed by atoms with E-state index >= 15 is 0 Å². The van der Waals surface area contributed by atoms with Gasteiger partial charge in [0.15, 0.2) is 5.52 Å². The zero-order valence-corrected chi connectivity index (χ0v) is 15.8. The van der Waals surface area contributed by atoms with E-state index in [0.717, 1.165) is 21.9 Å². The van der Waals surface area contributed by atoms with E-state index in [-0.39, 0.29) is 5.69 Å². The Labute approximate surface area is 166 Å². The minimum absolute atomic E-state index is 0.000647. The van der Waals surface area contributed by atoms with E-state index in [1.54, 1.807) is 29.4 Å². The van der Waals surface area contributed by atoms with Crippen LogP contribution in [0.2, 0.25) is 0 Å². The molecule has 29 heavy (non-hydrogen) atoms. The molecule has 0 atom stereocenters. The molecule has 1 N–H and O–H groups in total. The second-order valence-electron chi connectivity index (χ2n) is 6.74. The number of rotatable bonds is 4. The maximum absolute atomic E-state index is 11.1. The Balaban J connectivity index is 2.13. The summed E-state index contributed by atoms with van der Waals surface area (Å²) in [7, 11) is 3.69. The molecular weight excluding hydrogens is 368 g/mol. The predicted molar refractivity (Wildman–Crippen MR) is 111 cm³/mol. The second-order valence-corrected chi connectivity index (χ2v) is 6.74. The Morgan fingerprint density at radius 3 is 2.55 bits per heavy atom. The predicted octanol–water partition coefficient (Wildman–Crippen LogP) is 3.60. The molecule has 2 aromatic carbocycles. The number of non-ortho nitro benzene ring substituents is 1. The summed E-state index contributed by atoms with van der Waals surface area (Å²) in [6, 6.07) is 18.0. The number of hydrogen-bond donors (Lipinski definition) is 1. The zero-order chi connectivity index (χ0) is 20.5. The molecule has 0 spiro atoms. The molecule has 4 rings (SSSR count). The lowest BCUT2D eigenvalue weighted by molar-refractivity contribution is -0.552. The van der Waals surface area contributed by atoms with Crippen molar-refractivity contribution in [2.24, 2.45) is 4.99 Å². The topological polar surface area (TPSA) is 102 Å². The molecular formula is C21H17N6O2+. The molecule has 8 nitrogen and oxygen atoms in total. The lowest BCUT2D eigenvalue weighted by Crippen LogP contribution is -2.33. The first kappa shape index (κ1) is 18.1. The van der Waals surface area contributed by atoms with Gasteiger partial charge < -0.3 is 9.88 Å². The van der Waals surface area contributed by atoms with Crippen molar-refractivity contribution in [3.63, 3.8) is 0 Å². The standard InChI is InChI=1S/C21H16N6O2/c1-25(2)13-23-21-14(12-22)11-19-20(17-5-3-4-6-18(17)24-19)26(21)15-7-9-16(10-8-15)27(28)29/h3-11,13H,1-2H3/p+1. The normalized spacial score (nSPS) is 11.2. The second kappa shape index (κ2) is 7.05. The first-order valence-electron chi connectivity index (χ1n) is 8.84. The summed E-state index contributed by atoms with van der Waals surface area (Å²) < 4.78 is 1.86. The Kier molecular flexibility index (Phi) is 4.41. The summed E-state index contributed by atoms with van der Waals surface area (Å²) in [5.74, 6) is 0.451. The number of nitrogens with zero attached hydrogens (tertiary/aromatic N) is 5. The van der Waals surface area contributed by atoms with E-state index in [0.29, 0.717) is 17.1 Å². The maximum atomic E-state index is 11.1. The molecule has 0 saturated heterocycles. The van der Waals surface area contributed by atoms with Gasteiger partial charge in [-0.1, -0.05) is 12.1 Å². The number of aliphatic imine (C=N–C) groups is 1. The molecule has 0 radical (unpaired) electrons. The maximum Gasteiger partial charge on any atom is 0.348 e. The van der Waals surface area contributed by atoms with Crippen molar-refractivity contribution in [1.29, 1.82) is 5.26 Å². The number of aromatic amines is 1. The van der Waals surface area contributed by atoms with Crippen molar-refractivity contribution < 1.29 is 9.49 Å². The monoisotopic (exact) mass is 385 g/mol. The SMILES string of the molecule is CN(C)C=Nc1c(C#N)cc2[nH]c3ccccc3c2[n+]1-c1ccc([N+](=O)[O-])cc1. The van der Waals surface area contributed by atoms with Crippen LogP contribution >= 0.6 is 0 Å². The van der Waals surface area contributed by atoms with Crippen LogP contribution < -0.4 is 4.57 Å². The Morgan fingerprint density at radius 2 is 1.90 bits per heavy atom. The van der Waals surface area contributed by atoms with Crippen molar-refractivity contribution in [2.45, 2.75) is 0 Å². The summed E-state index contributed by atoms with van der Waals surface area (Å²) in [6.45, 7) is 0. The van der Waals surface area contributed by atoms with Gasteiger partial charge in [-0.15, -0.1) is 0 Å². The van der Waals surface area contributed by atoms with Crippen molar-refractivity contribution in [3.8, 4) is 11.8 Å². The Bertz CT molecular complexity index is 1310. The van der Waals surface area contributed by atoms with E-state index in [2.05, 4.69) is 16.0 Å². The van der Waals surface area contributed by atoms with Crippen LogP contribution in [-0.2, 0) is 0 Å². The highest BCUT2D eigenvalue weighted by atomic mass is 16.6. The van der Waals surface area contributed by atoms with Crippen molar-refractivity contribution in [2.75, 3.05) is 14.1 Å². The number of para-hydroxylation sites is 1. The number of aromatic nitrogens is 2. The molecule has 142 valence electrons. The lowest BCUT2D eigenvalue weighted by atomic mass is 10.1. The number of pyridine rings is 1. The first-order valence-corrected chi connectivity index (χ1v) is 8.84. The summed E-state index contributed by atoms with van der Waals surface area (Å²) in [5, 5.41) is 21.8. The number of nitro groups is 1. The largest absolute Gasteiger partial charge is 0.351 e. The van der Waals surface area contributed by atoms with Gasteiger partial charge in [-0.25, -0.2) is 0 Å². The Morgan fingerprint density at radius 1 is 1.17 bits per heavy atom. The number of H-pyrrole nitrogens is 1. The van der Waals surface area contributed by atoms with Crippen LogP contribution in [0.15, 0.2) is 59.6 Å². The van der Waals surface area contributed by atoms with Gasteiger partial charge in [-0.3, -0.25) is 10.1 Å². The van der Waals surface area contributed by atoms with E-state index in [1.165, 1.54) is 12.1 Å². The van der Waals surface area contributed by atoms with E-state index in [9.17, 15) is 15.4 Å². The molecule has 0 aliphatic carbocycles. The lowest BCUT2D eigenvalue weighted by Gasteiger charge is -2.07. The fourth-order valence-corrected chi connectivity index (χ4v) is 3.28. The molecule has 4 aromatic rings. The summed E-state index contributed by atoms with van der Waals surface area (Å²) in [6.07, 6.45) is 1.62. The summed E-state index contributed by atoms with van der Waals surface area (Å²) >= 11 is 0. The molecule has 0 unspecified atom stereocenters. The molecule has 0 amide bonds. The van der Waals surface area contributed by atoms with E-state index < -0.39 is 4.92 Å². The van der Waals surface area contributed by atoms with Gasteiger partial charge in [-0.2, -0.15) is 9.83 Å². The highest BCUT2D eigenvalue weighted by molar-refractivity contribution is 6.03. The van der Waals surface area contributed by atoms with Crippen LogP contribution in [0.3, 0.4) is 0 Å². The van der Waals surface area contributed by atoms with Crippen LogP contribution in [-0.4, -0.2) is 35.2 Å². The molecule has 0 aliphatic heterocycles. The van der Waals surface area contributed by atoms with Gasteiger partial charge in [0.05, 0.1) is 16.0 Å². The number of nitrogens with one attached hydrogen (secondary N) is 1. The Hall–Kier alpha value is -4.25. The number of hydrogen-bond acceptors (Lipinski definition) is 4. The molecule has 0 bridgehead atoms. The van der Waals surface area contributed by atoms with Gasteiger partial charge >= 0.3 is 5.82 Å². The van der Waals surface area contributed by atoms with Crippen LogP contribution in [0, 0.1) is 21.4 Å². The number of nitriles is 1. The average Bonchev–Trinajstić information content (AvgIpc) is 3.09. The minimum Gasteiger partial charge on any atom is -0.351 e. The first-order chi connectivity index (χ1) is 14.0. The van der Waals surface area contributed by atoms with Crippen LogP contribution in [0.4, 0.5) is 11.5 Å². The fourth-order valence-electron chi connectivity index (χ4n) is 3.28. The smallest absolute Gasteiger partial charge is 0.348 e. The van der Waals surface area contributed by atoms with Crippen LogP contribution in [0.1, 0.15) is 5.56 Å². The van der Waals surface area contributed by atoms with Crippen LogP contribution in [0.25, 0.3) is 27.6 Å². The van der Waals surface area contributed by atoms with Gasteiger partial charge in [0.25, 0.3) is 5.69 Å². The molecule has 8 heteroatoms. The zero-order valence-electron chi connectivity index (χ0n) is 15.8. The van der Waals surface area contributed by atoms with E-state index in [1.807, 2.05) is 42.9 Å². The van der Waals surface area contributed by atoms with E-state index in [4.69, 9.17) is 0 Å². The number of nitro benzene ring substituents is 1. The minimum atomic E-state index is -0.438. The molecule has 0 fully saturated rings. The van der Waals surface area contributed by atoms with Crippen molar-refractivity contribution in [1.82, 2.24) is 9.88 Å². The van der Waals surface area contributed by atoms with Gasteiger partial charge in [-0.05, 0) is 35.3 Å². The summed E-state index contributed by atoms with van der Waals surface area (Å²) in [4.78, 5) is 20.3. The third kappa shape index (κ3) is 3.15. The number of benzene rings is 2. The van der Waals surface area contributed by atoms with Gasteiger partial charge in [0, 0.05) is 31.6 Å². The summed E-state index contributed by atoms with van der Waals surface area (Å²) in [5.41, 5.74) is 3.62. The fraction of sp³-hybridized carbons (Fsp3) is 0.0952. The van der Waals surface area contributed by atoms with Crippen LogP contribution in [0.5, 0.6) is 0 Å². The average molecular weight is 385 g/mol. The molecule has 0 aliphatic rings. The highest BCUT2D eigenvalue weighted by Crippen LogP contribution is 2.29. The quantitative estimate of drug-likeness (QED) is 0.191. The molecule has 0 saturated carbocycles. The molecule has 2 aromatic heterocycles.